The maximum Gasteiger partial charge on any atom is 0.196 e. The molecule has 0 rings (SSSR count). The molecule has 0 saturated heterocycles. The number of unbranched alkanes of at least 4 members (excludes halogenated alkanes) is 9. The second-order valence-corrected chi connectivity index (χ2v) is 9.71. The van der Waals surface area contributed by atoms with Gasteiger partial charge in [0.25, 0.3) is 0 Å². The molecule has 0 aliphatic carbocycles. The van der Waals surface area contributed by atoms with E-state index in [1.165, 1.54) is 38.5 Å². The molecule has 0 aliphatic rings. The number of hydrogen-bond donors (Lipinski definition) is 0. The molecule has 0 aromatic rings. The molecule has 28 heavy (non-hydrogen) atoms. The van der Waals surface area contributed by atoms with Crippen molar-refractivity contribution in [2.45, 2.75) is 90.9 Å². The first-order chi connectivity index (χ1) is 13.8. The van der Waals surface area contributed by atoms with Crippen LogP contribution >= 0.6 is 16.8 Å². The highest BCUT2D eigenvalue weighted by atomic mass is 31.2. The van der Waals surface area contributed by atoms with Crippen molar-refractivity contribution in [1.82, 2.24) is 0 Å². The van der Waals surface area contributed by atoms with E-state index < -0.39 is 16.8 Å². The Morgan fingerprint density at radius 1 is 0.500 bits per heavy atom. The fourth-order valence-electron chi connectivity index (χ4n) is 2.46. The van der Waals surface area contributed by atoms with E-state index in [4.69, 9.17) is 18.1 Å². The molecule has 0 heterocycles. The summed E-state index contributed by atoms with van der Waals surface area (Å²) in [4.78, 5) is 0. The average Bonchev–Trinajstić information content (AvgIpc) is 2.72. The molecule has 0 radical (unpaired) electrons. The lowest BCUT2D eigenvalue weighted by Crippen LogP contribution is -1.94. The van der Waals surface area contributed by atoms with E-state index in [0.29, 0.717) is 0 Å². The fraction of sp³-hybridized carbons (Fsp3) is 0.818. The smallest absolute Gasteiger partial charge is 0.196 e. The second-order valence-electron chi connectivity index (χ2n) is 6.80. The van der Waals surface area contributed by atoms with Gasteiger partial charge in [-0.2, -0.15) is 0 Å². The third kappa shape index (κ3) is 19.5. The SMILES string of the molecule is C=CP(OCCCC)OCCCCCCCCCCOP(C=C)OCCCC. The minimum atomic E-state index is -0.879. The topological polar surface area (TPSA) is 36.9 Å². The van der Waals surface area contributed by atoms with Crippen LogP contribution in [0.3, 0.4) is 0 Å². The molecule has 0 aromatic carbocycles. The first kappa shape index (κ1) is 28.2. The molecule has 2 atom stereocenters. The van der Waals surface area contributed by atoms with Crippen LogP contribution in [0.25, 0.3) is 0 Å². The molecule has 6 heteroatoms. The lowest BCUT2D eigenvalue weighted by atomic mass is 10.1. The van der Waals surface area contributed by atoms with E-state index in [-0.39, 0.29) is 0 Å². The Hall–Kier alpha value is 0.180. The summed E-state index contributed by atoms with van der Waals surface area (Å²) < 4.78 is 22.9. The highest BCUT2D eigenvalue weighted by Crippen LogP contribution is 2.40. The Balaban J connectivity index is 3.34. The molecule has 2 unspecified atom stereocenters. The van der Waals surface area contributed by atoms with E-state index in [1.807, 2.05) is 11.6 Å². The molecule has 166 valence electrons. The quantitative estimate of drug-likeness (QED) is 0.119. The Kier molecular flexibility index (Phi) is 23.6. The van der Waals surface area contributed by atoms with Crippen molar-refractivity contribution in [1.29, 1.82) is 0 Å². The fourth-order valence-corrected chi connectivity index (χ4v) is 4.26. The zero-order valence-electron chi connectivity index (χ0n) is 18.4. The van der Waals surface area contributed by atoms with Crippen LogP contribution in [0.1, 0.15) is 90.9 Å². The summed E-state index contributed by atoms with van der Waals surface area (Å²) in [5.41, 5.74) is 0. The highest BCUT2D eigenvalue weighted by molar-refractivity contribution is 7.50. The van der Waals surface area contributed by atoms with Crippen LogP contribution in [0, 0.1) is 0 Å². The van der Waals surface area contributed by atoms with Gasteiger partial charge in [-0.15, -0.1) is 0 Å². The monoisotopic (exact) mass is 434 g/mol. The summed E-state index contributed by atoms with van der Waals surface area (Å²) in [6.07, 6.45) is 14.4. The highest BCUT2D eigenvalue weighted by Gasteiger charge is 2.05. The van der Waals surface area contributed by atoms with Gasteiger partial charge in [-0.05, 0) is 37.3 Å². The molecular formula is C22H44O4P2. The van der Waals surface area contributed by atoms with E-state index in [9.17, 15) is 0 Å². The number of rotatable bonds is 23. The molecule has 0 aliphatic heterocycles. The summed E-state index contributed by atoms with van der Waals surface area (Å²) in [6.45, 7) is 15.1. The Bertz CT molecular complexity index is 310. The van der Waals surface area contributed by atoms with Crippen LogP contribution in [-0.2, 0) is 18.1 Å². The van der Waals surface area contributed by atoms with Crippen LogP contribution in [0.2, 0.25) is 0 Å². The normalized spacial score (nSPS) is 13.4. The van der Waals surface area contributed by atoms with Crippen molar-refractivity contribution in [3.8, 4) is 0 Å². The predicted octanol–water partition coefficient (Wildman–Crippen LogP) is 8.68. The zero-order valence-corrected chi connectivity index (χ0v) is 20.2. The van der Waals surface area contributed by atoms with Gasteiger partial charge < -0.3 is 18.1 Å². The molecule has 0 amide bonds. The molecule has 0 bridgehead atoms. The maximum absolute atomic E-state index is 5.76. The first-order valence-corrected chi connectivity index (χ1v) is 13.6. The largest absolute Gasteiger partial charge is 0.331 e. The minimum Gasteiger partial charge on any atom is -0.331 e. The molecule has 0 N–H and O–H groups in total. The van der Waals surface area contributed by atoms with Crippen LogP contribution in [-0.4, -0.2) is 26.4 Å². The van der Waals surface area contributed by atoms with Crippen LogP contribution in [0.4, 0.5) is 0 Å². The van der Waals surface area contributed by atoms with Gasteiger partial charge in [-0.3, -0.25) is 0 Å². The summed E-state index contributed by atoms with van der Waals surface area (Å²) in [6, 6.07) is 0. The van der Waals surface area contributed by atoms with Crippen LogP contribution in [0.5, 0.6) is 0 Å². The second kappa shape index (κ2) is 23.5. The van der Waals surface area contributed by atoms with Gasteiger partial charge >= 0.3 is 0 Å². The third-order valence-corrected chi connectivity index (χ3v) is 6.55. The van der Waals surface area contributed by atoms with Gasteiger partial charge in [0, 0.05) is 0 Å². The van der Waals surface area contributed by atoms with Crippen molar-refractivity contribution in [2.75, 3.05) is 26.4 Å². The average molecular weight is 435 g/mol. The summed E-state index contributed by atoms with van der Waals surface area (Å²) in [5, 5.41) is 0. The zero-order chi connectivity index (χ0) is 20.7. The molecule has 0 aromatic heterocycles. The summed E-state index contributed by atoms with van der Waals surface area (Å²) >= 11 is 0. The van der Waals surface area contributed by atoms with Gasteiger partial charge in [0.05, 0.1) is 26.4 Å². The van der Waals surface area contributed by atoms with Crippen molar-refractivity contribution >= 4 is 16.8 Å². The van der Waals surface area contributed by atoms with Gasteiger partial charge in [-0.25, -0.2) is 0 Å². The predicted molar refractivity (Wildman–Crippen MR) is 125 cm³/mol. The van der Waals surface area contributed by atoms with Gasteiger partial charge in [-0.1, -0.05) is 78.4 Å². The Labute approximate surface area is 177 Å². The van der Waals surface area contributed by atoms with E-state index in [1.54, 1.807) is 0 Å². The van der Waals surface area contributed by atoms with Crippen molar-refractivity contribution in [2.24, 2.45) is 0 Å². The Morgan fingerprint density at radius 2 is 0.786 bits per heavy atom. The maximum atomic E-state index is 5.76. The lowest BCUT2D eigenvalue weighted by molar-refractivity contribution is 0.246. The standard InChI is InChI=1S/C22H44O4P2/c1-5-9-19-23-27(7-3)25-21-17-15-13-11-12-14-16-18-22-26-28(8-4)24-20-10-6-2/h7-8H,3-6,9-22H2,1-2H3. The van der Waals surface area contributed by atoms with Gasteiger partial charge in [0.15, 0.2) is 16.8 Å². The molecule has 0 fully saturated rings. The summed E-state index contributed by atoms with van der Waals surface area (Å²) in [5.74, 6) is 3.62. The van der Waals surface area contributed by atoms with E-state index in [0.717, 1.165) is 65.0 Å². The third-order valence-electron chi connectivity index (χ3n) is 4.21. The summed E-state index contributed by atoms with van der Waals surface area (Å²) in [7, 11) is -1.76. The molecule has 0 spiro atoms. The van der Waals surface area contributed by atoms with Gasteiger partial charge in [0.1, 0.15) is 0 Å². The first-order valence-electron chi connectivity index (χ1n) is 11.1. The van der Waals surface area contributed by atoms with Gasteiger partial charge in [0.2, 0.25) is 0 Å². The minimum absolute atomic E-state index is 0.778. The van der Waals surface area contributed by atoms with E-state index >= 15 is 0 Å². The molecule has 4 nitrogen and oxygen atoms in total. The molecule has 0 saturated carbocycles. The number of hydrogen-bond acceptors (Lipinski definition) is 4. The van der Waals surface area contributed by atoms with Crippen molar-refractivity contribution < 1.29 is 18.1 Å². The Morgan fingerprint density at radius 3 is 1.07 bits per heavy atom. The van der Waals surface area contributed by atoms with Crippen LogP contribution < -0.4 is 0 Å². The van der Waals surface area contributed by atoms with Crippen molar-refractivity contribution in [3.63, 3.8) is 0 Å². The lowest BCUT2D eigenvalue weighted by Gasteiger charge is -2.13. The van der Waals surface area contributed by atoms with E-state index in [2.05, 4.69) is 27.0 Å². The van der Waals surface area contributed by atoms with Crippen LogP contribution in [0.15, 0.2) is 24.8 Å². The molecular weight excluding hydrogens is 390 g/mol. The van der Waals surface area contributed by atoms with Crippen molar-refractivity contribution in [3.05, 3.63) is 24.8 Å².